The van der Waals surface area contributed by atoms with Crippen molar-refractivity contribution in [3.63, 3.8) is 0 Å². The van der Waals surface area contributed by atoms with Crippen LogP contribution in [-0.2, 0) is 6.61 Å². The van der Waals surface area contributed by atoms with E-state index in [1.807, 2.05) is 42.5 Å². The molecule has 1 aliphatic carbocycles. The summed E-state index contributed by atoms with van der Waals surface area (Å²) in [6.07, 6.45) is 3.83. The minimum atomic E-state index is 0.570. The molecule has 0 bridgehead atoms. The molecular formula is C20H21N3O. The predicted octanol–water partition coefficient (Wildman–Crippen LogP) is 5.00. The Bertz CT molecular complexity index is 793. The van der Waals surface area contributed by atoms with E-state index in [1.54, 1.807) is 0 Å². The van der Waals surface area contributed by atoms with Crippen molar-refractivity contribution in [3.05, 3.63) is 71.9 Å². The molecule has 1 saturated carbocycles. The normalized spacial score (nSPS) is 14.2. The van der Waals surface area contributed by atoms with Gasteiger partial charge >= 0.3 is 0 Å². The fourth-order valence-electron chi connectivity index (χ4n) is 2.87. The first-order chi connectivity index (χ1) is 11.9. The molecule has 3 aromatic rings. The highest BCUT2D eigenvalue weighted by atomic mass is 16.5. The third-order valence-electron chi connectivity index (χ3n) is 4.48. The second-order valence-corrected chi connectivity index (χ2v) is 6.26. The number of ether oxygens (including phenoxy) is 1. The molecule has 2 aromatic carbocycles. The fourth-order valence-corrected chi connectivity index (χ4v) is 2.87. The minimum absolute atomic E-state index is 0.570. The molecule has 122 valence electrons. The van der Waals surface area contributed by atoms with Gasteiger partial charge in [0.15, 0.2) is 0 Å². The van der Waals surface area contributed by atoms with Crippen LogP contribution in [0.3, 0.4) is 0 Å². The second-order valence-electron chi connectivity index (χ2n) is 6.26. The molecule has 4 rings (SSSR count). The number of rotatable bonds is 6. The summed E-state index contributed by atoms with van der Waals surface area (Å²) in [6.45, 7) is 0.570. The van der Waals surface area contributed by atoms with Crippen molar-refractivity contribution in [2.24, 2.45) is 0 Å². The van der Waals surface area contributed by atoms with Gasteiger partial charge in [-0.05, 0) is 30.5 Å². The summed E-state index contributed by atoms with van der Waals surface area (Å²) in [4.78, 5) is 0. The maximum absolute atomic E-state index is 5.87. The third kappa shape index (κ3) is 3.43. The van der Waals surface area contributed by atoms with E-state index in [9.17, 15) is 0 Å². The van der Waals surface area contributed by atoms with Crippen LogP contribution < -0.4 is 10.1 Å². The molecule has 0 spiro atoms. The molecule has 1 aliphatic rings. The molecular weight excluding hydrogens is 298 g/mol. The zero-order valence-corrected chi connectivity index (χ0v) is 13.5. The molecule has 0 saturated heterocycles. The molecule has 0 aliphatic heterocycles. The molecule has 2 N–H and O–H groups in total. The average Bonchev–Trinajstić information content (AvgIpc) is 3.00. The van der Waals surface area contributed by atoms with Crippen LogP contribution in [0.4, 0.5) is 11.5 Å². The summed E-state index contributed by atoms with van der Waals surface area (Å²) >= 11 is 0. The lowest BCUT2D eigenvalue weighted by atomic mass is 9.83. The summed E-state index contributed by atoms with van der Waals surface area (Å²) in [5.74, 6) is 2.41. The van der Waals surface area contributed by atoms with E-state index >= 15 is 0 Å². The molecule has 0 unspecified atom stereocenters. The van der Waals surface area contributed by atoms with Crippen LogP contribution in [0.1, 0.15) is 36.4 Å². The lowest BCUT2D eigenvalue weighted by Gasteiger charge is -2.22. The van der Waals surface area contributed by atoms with Gasteiger partial charge in [0.2, 0.25) is 0 Å². The van der Waals surface area contributed by atoms with Crippen LogP contribution in [0.2, 0.25) is 0 Å². The quantitative estimate of drug-likeness (QED) is 0.672. The molecule has 0 atom stereocenters. The molecule has 4 heteroatoms. The van der Waals surface area contributed by atoms with Gasteiger partial charge < -0.3 is 10.1 Å². The Kier molecular flexibility index (Phi) is 4.19. The van der Waals surface area contributed by atoms with Gasteiger partial charge in [-0.1, -0.05) is 42.8 Å². The van der Waals surface area contributed by atoms with Crippen LogP contribution >= 0.6 is 0 Å². The van der Waals surface area contributed by atoms with Gasteiger partial charge in [-0.2, -0.15) is 5.10 Å². The van der Waals surface area contributed by atoms with Crippen molar-refractivity contribution in [1.82, 2.24) is 10.2 Å². The third-order valence-corrected chi connectivity index (χ3v) is 4.48. The summed E-state index contributed by atoms with van der Waals surface area (Å²) in [7, 11) is 0. The Morgan fingerprint density at radius 1 is 1.04 bits per heavy atom. The standard InChI is InChI=1S/C20H21N3O/c1-2-6-15(7-3-1)14-24-18-11-5-10-17(12-18)21-20-13-19(22-23-20)16-8-4-9-16/h1-3,5-7,10-13,16H,4,8-9,14H2,(H2,21,22,23). The summed E-state index contributed by atoms with van der Waals surface area (Å²) in [5, 5.41) is 10.9. The van der Waals surface area contributed by atoms with Gasteiger partial charge in [0.05, 0.1) is 5.69 Å². The molecule has 4 nitrogen and oxygen atoms in total. The van der Waals surface area contributed by atoms with Crippen molar-refractivity contribution in [2.45, 2.75) is 31.8 Å². The van der Waals surface area contributed by atoms with Crippen molar-refractivity contribution in [3.8, 4) is 5.75 Å². The zero-order valence-electron chi connectivity index (χ0n) is 13.5. The Balaban J connectivity index is 1.39. The largest absolute Gasteiger partial charge is 0.489 e. The predicted molar refractivity (Wildman–Crippen MR) is 95.7 cm³/mol. The number of aromatic amines is 1. The highest BCUT2D eigenvalue weighted by Crippen LogP contribution is 2.36. The van der Waals surface area contributed by atoms with Gasteiger partial charge in [0, 0.05) is 23.7 Å². The van der Waals surface area contributed by atoms with Crippen LogP contribution in [0, 0.1) is 0 Å². The number of hydrogen-bond acceptors (Lipinski definition) is 3. The number of nitrogens with one attached hydrogen (secondary N) is 2. The Labute approximate surface area is 141 Å². The molecule has 1 heterocycles. The van der Waals surface area contributed by atoms with E-state index in [4.69, 9.17) is 4.74 Å². The lowest BCUT2D eigenvalue weighted by molar-refractivity contribution is 0.306. The van der Waals surface area contributed by atoms with E-state index in [-0.39, 0.29) is 0 Å². The van der Waals surface area contributed by atoms with E-state index in [2.05, 4.69) is 33.7 Å². The van der Waals surface area contributed by atoms with Gasteiger partial charge in [-0.25, -0.2) is 0 Å². The van der Waals surface area contributed by atoms with Crippen molar-refractivity contribution >= 4 is 11.5 Å². The number of hydrogen-bond donors (Lipinski definition) is 2. The van der Waals surface area contributed by atoms with Crippen LogP contribution in [0.25, 0.3) is 0 Å². The molecule has 0 radical (unpaired) electrons. The maximum Gasteiger partial charge on any atom is 0.126 e. The van der Waals surface area contributed by atoms with E-state index in [0.29, 0.717) is 12.5 Å². The first-order valence-electron chi connectivity index (χ1n) is 8.46. The topological polar surface area (TPSA) is 49.9 Å². The van der Waals surface area contributed by atoms with Gasteiger partial charge in [-0.15, -0.1) is 0 Å². The first kappa shape index (κ1) is 14.8. The minimum Gasteiger partial charge on any atom is -0.489 e. The van der Waals surface area contributed by atoms with Crippen molar-refractivity contribution < 1.29 is 4.74 Å². The Morgan fingerprint density at radius 3 is 2.71 bits per heavy atom. The van der Waals surface area contributed by atoms with E-state index in [1.165, 1.54) is 25.0 Å². The first-order valence-corrected chi connectivity index (χ1v) is 8.46. The second kappa shape index (κ2) is 6.79. The monoisotopic (exact) mass is 319 g/mol. The SMILES string of the molecule is c1ccc(COc2cccc(Nc3cc(C4CCC4)n[nH]3)c2)cc1. The average molecular weight is 319 g/mol. The molecule has 0 amide bonds. The van der Waals surface area contributed by atoms with E-state index < -0.39 is 0 Å². The van der Waals surface area contributed by atoms with Crippen LogP contribution in [-0.4, -0.2) is 10.2 Å². The Hall–Kier alpha value is -2.75. The highest BCUT2D eigenvalue weighted by molar-refractivity contribution is 5.58. The number of H-pyrrole nitrogens is 1. The Morgan fingerprint density at radius 2 is 1.92 bits per heavy atom. The summed E-state index contributed by atoms with van der Waals surface area (Å²) in [5.41, 5.74) is 3.32. The van der Waals surface area contributed by atoms with Crippen LogP contribution in [0.15, 0.2) is 60.7 Å². The smallest absolute Gasteiger partial charge is 0.126 e. The zero-order chi connectivity index (χ0) is 16.2. The van der Waals surface area contributed by atoms with Crippen molar-refractivity contribution in [1.29, 1.82) is 0 Å². The molecule has 1 fully saturated rings. The van der Waals surface area contributed by atoms with Gasteiger partial charge in [-0.3, -0.25) is 5.10 Å². The maximum atomic E-state index is 5.87. The number of aromatic nitrogens is 2. The van der Waals surface area contributed by atoms with Gasteiger partial charge in [0.1, 0.15) is 18.2 Å². The number of nitrogens with zero attached hydrogens (tertiary/aromatic N) is 1. The molecule has 24 heavy (non-hydrogen) atoms. The van der Waals surface area contributed by atoms with Crippen LogP contribution in [0.5, 0.6) is 5.75 Å². The molecule has 1 aromatic heterocycles. The number of anilines is 2. The lowest BCUT2D eigenvalue weighted by Crippen LogP contribution is -2.08. The van der Waals surface area contributed by atoms with Crippen molar-refractivity contribution in [2.75, 3.05) is 5.32 Å². The summed E-state index contributed by atoms with van der Waals surface area (Å²) < 4.78 is 5.87. The summed E-state index contributed by atoms with van der Waals surface area (Å²) in [6, 6.07) is 20.3. The number of benzene rings is 2. The highest BCUT2D eigenvalue weighted by Gasteiger charge is 2.21. The fraction of sp³-hybridized carbons (Fsp3) is 0.250. The van der Waals surface area contributed by atoms with Gasteiger partial charge in [0.25, 0.3) is 0 Å². The van der Waals surface area contributed by atoms with E-state index in [0.717, 1.165) is 22.8 Å².